The molecule has 0 radical (unpaired) electrons. The van der Waals surface area contributed by atoms with E-state index < -0.39 is 6.10 Å². The number of guanidine groups is 1. The highest BCUT2D eigenvalue weighted by Gasteiger charge is 2.47. The normalized spacial score (nSPS) is 30.0. The van der Waals surface area contributed by atoms with Crippen LogP contribution in [0.25, 0.3) is 0 Å². The van der Waals surface area contributed by atoms with Gasteiger partial charge in [-0.1, -0.05) is 38.1 Å². The van der Waals surface area contributed by atoms with Crippen molar-refractivity contribution in [1.29, 1.82) is 0 Å². The second-order valence-corrected chi connectivity index (χ2v) is 8.64. The van der Waals surface area contributed by atoms with Crippen LogP contribution in [0.4, 0.5) is 0 Å². The van der Waals surface area contributed by atoms with E-state index in [1.165, 1.54) is 0 Å². The number of hydrogen-bond donors (Lipinski definition) is 3. The molecule has 4 N–H and O–H groups in total. The molecule has 0 saturated heterocycles. The first kappa shape index (κ1) is 19.9. The summed E-state index contributed by atoms with van der Waals surface area (Å²) < 4.78 is 0. The van der Waals surface area contributed by atoms with Gasteiger partial charge in [0.1, 0.15) is 0 Å². The Morgan fingerprint density at radius 1 is 1.34 bits per heavy atom. The summed E-state index contributed by atoms with van der Waals surface area (Å²) in [5, 5.41) is 13.4. The van der Waals surface area contributed by atoms with E-state index in [1.54, 1.807) is 4.90 Å². The van der Waals surface area contributed by atoms with Crippen LogP contribution in [0.3, 0.4) is 0 Å². The number of carbonyl (C=O) groups is 2. The summed E-state index contributed by atoms with van der Waals surface area (Å²) in [6.45, 7) is 4.49. The van der Waals surface area contributed by atoms with Crippen molar-refractivity contribution in [3.05, 3.63) is 35.4 Å². The zero-order chi connectivity index (χ0) is 20.8. The molecule has 1 aromatic carbocycles. The summed E-state index contributed by atoms with van der Waals surface area (Å²) >= 11 is 0. The van der Waals surface area contributed by atoms with E-state index >= 15 is 0 Å². The molecule has 7 heteroatoms. The molecular weight excluding hydrogens is 368 g/mol. The number of benzene rings is 1. The van der Waals surface area contributed by atoms with Crippen LogP contribution in [0.1, 0.15) is 56.7 Å². The van der Waals surface area contributed by atoms with Gasteiger partial charge in [0.25, 0.3) is 0 Å². The van der Waals surface area contributed by atoms with E-state index in [1.807, 2.05) is 38.1 Å². The van der Waals surface area contributed by atoms with Crippen LogP contribution in [0.2, 0.25) is 0 Å². The number of carbonyl (C=O) groups excluding carboxylic acids is 2. The van der Waals surface area contributed by atoms with Crippen molar-refractivity contribution in [3.8, 4) is 0 Å². The minimum Gasteiger partial charge on any atom is -0.390 e. The van der Waals surface area contributed by atoms with E-state index in [0.717, 1.165) is 30.4 Å². The average Bonchev–Trinajstić information content (AvgIpc) is 3.41. The lowest BCUT2D eigenvalue weighted by molar-refractivity contribution is -0.130. The largest absolute Gasteiger partial charge is 0.390 e. The standard InChI is InChI=1S/C22H30N4O3/c1-3-22(4-2)11-18(28)26(21(23)25-22)12-14-9-16(14)20(29)24-19-15-8-6-5-7-13(15)10-17(19)27/h5-8,14,16-17,19,27H,3-4,9-12H2,1-2H3,(H2,23,25)(H,24,29)/t14-,16?,17+,19-/m1/s1. The quantitative estimate of drug-likeness (QED) is 0.675. The molecule has 0 spiro atoms. The Kier molecular flexibility index (Phi) is 5.11. The third-order valence-corrected chi connectivity index (χ3v) is 6.90. The molecule has 4 rings (SSSR count). The van der Waals surface area contributed by atoms with Crippen LogP contribution in [-0.2, 0) is 16.0 Å². The fourth-order valence-corrected chi connectivity index (χ4v) is 4.71. The maximum absolute atomic E-state index is 12.7. The molecule has 1 saturated carbocycles. The predicted molar refractivity (Wildman–Crippen MR) is 110 cm³/mol. The lowest BCUT2D eigenvalue weighted by Crippen LogP contribution is -2.52. The molecule has 2 amide bonds. The number of nitrogens with zero attached hydrogens (tertiary/aromatic N) is 2. The highest BCUT2D eigenvalue weighted by Crippen LogP contribution is 2.41. The molecule has 156 valence electrons. The monoisotopic (exact) mass is 398 g/mol. The Hall–Kier alpha value is -2.41. The van der Waals surface area contributed by atoms with Gasteiger partial charge in [-0.15, -0.1) is 0 Å². The molecule has 29 heavy (non-hydrogen) atoms. The Morgan fingerprint density at radius 3 is 2.76 bits per heavy atom. The van der Waals surface area contributed by atoms with E-state index in [9.17, 15) is 14.7 Å². The number of nitrogens with one attached hydrogen (secondary N) is 1. The highest BCUT2D eigenvalue weighted by molar-refractivity contribution is 5.99. The molecule has 0 aromatic heterocycles. The summed E-state index contributed by atoms with van der Waals surface area (Å²) in [6.07, 6.45) is 2.61. The third kappa shape index (κ3) is 3.64. The number of aliphatic hydroxyl groups excluding tert-OH is 1. The number of rotatable bonds is 6. The Morgan fingerprint density at radius 2 is 2.07 bits per heavy atom. The predicted octanol–water partition coefficient (Wildman–Crippen LogP) is 1.50. The SMILES string of the molecule is CCC1(CC)CC(=O)N(C[C@H]2CC2C(=O)N[C@@H]2c3ccccc3C[C@@H]2O)C(N)=N1. The first-order valence-corrected chi connectivity index (χ1v) is 10.6. The summed E-state index contributed by atoms with van der Waals surface area (Å²) in [6, 6.07) is 7.45. The van der Waals surface area contributed by atoms with Crippen molar-refractivity contribution in [2.75, 3.05) is 6.54 Å². The highest BCUT2D eigenvalue weighted by atomic mass is 16.3. The molecule has 3 aliphatic rings. The van der Waals surface area contributed by atoms with Crippen molar-refractivity contribution < 1.29 is 14.7 Å². The number of hydrogen-bond acceptors (Lipinski definition) is 5. The molecule has 1 heterocycles. The Labute approximate surface area is 171 Å². The van der Waals surface area contributed by atoms with Gasteiger partial charge in [-0.2, -0.15) is 0 Å². The number of amides is 2. The van der Waals surface area contributed by atoms with E-state index in [4.69, 9.17) is 5.73 Å². The van der Waals surface area contributed by atoms with E-state index in [2.05, 4.69) is 10.3 Å². The number of aliphatic hydroxyl groups is 1. The number of aliphatic imine (C=N–C) groups is 1. The maximum atomic E-state index is 12.7. The van der Waals surface area contributed by atoms with Crippen molar-refractivity contribution in [2.45, 2.75) is 63.6 Å². The van der Waals surface area contributed by atoms with Gasteiger partial charge in [0.2, 0.25) is 11.8 Å². The zero-order valence-electron chi connectivity index (χ0n) is 17.1. The molecule has 1 aromatic rings. The van der Waals surface area contributed by atoms with Crippen LogP contribution in [0.15, 0.2) is 29.3 Å². The van der Waals surface area contributed by atoms with Gasteiger partial charge in [0.15, 0.2) is 5.96 Å². The lowest BCUT2D eigenvalue weighted by atomic mass is 9.88. The second kappa shape index (κ2) is 7.44. The van der Waals surface area contributed by atoms with Gasteiger partial charge in [-0.05, 0) is 36.3 Å². The molecule has 1 fully saturated rings. The second-order valence-electron chi connectivity index (χ2n) is 8.64. The molecule has 2 aliphatic carbocycles. The average molecular weight is 399 g/mol. The van der Waals surface area contributed by atoms with Crippen LogP contribution in [0.5, 0.6) is 0 Å². The Bertz CT molecular complexity index is 848. The fourth-order valence-electron chi connectivity index (χ4n) is 4.71. The summed E-state index contributed by atoms with van der Waals surface area (Å²) in [7, 11) is 0. The third-order valence-electron chi connectivity index (χ3n) is 6.90. The van der Waals surface area contributed by atoms with Crippen LogP contribution in [-0.4, -0.2) is 46.0 Å². The lowest BCUT2D eigenvalue weighted by Gasteiger charge is -2.36. The molecular formula is C22H30N4O3. The topological polar surface area (TPSA) is 108 Å². The van der Waals surface area contributed by atoms with Gasteiger partial charge >= 0.3 is 0 Å². The number of nitrogens with two attached hydrogens (primary N) is 1. The van der Waals surface area contributed by atoms with E-state index in [-0.39, 0.29) is 41.2 Å². The minimum atomic E-state index is -0.601. The van der Waals surface area contributed by atoms with Crippen molar-refractivity contribution in [2.24, 2.45) is 22.6 Å². The van der Waals surface area contributed by atoms with Crippen LogP contribution < -0.4 is 11.1 Å². The maximum Gasteiger partial charge on any atom is 0.231 e. The van der Waals surface area contributed by atoms with Crippen LogP contribution >= 0.6 is 0 Å². The fraction of sp³-hybridized carbons (Fsp3) is 0.591. The molecule has 4 atom stereocenters. The van der Waals surface area contributed by atoms with Gasteiger partial charge in [0.05, 0.1) is 24.1 Å². The number of fused-ring (bicyclic) bond motifs is 1. The van der Waals surface area contributed by atoms with Crippen molar-refractivity contribution in [3.63, 3.8) is 0 Å². The molecule has 7 nitrogen and oxygen atoms in total. The van der Waals surface area contributed by atoms with E-state index in [0.29, 0.717) is 19.4 Å². The molecule has 1 aliphatic heterocycles. The smallest absolute Gasteiger partial charge is 0.231 e. The molecule has 1 unspecified atom stereocenters. The Balaban J connectivity index is 1.37. The van der Waals surface area contributed by atoms with Crippen LogP contribution in [0, 0.1) is 11.8 Å². The summed E-state index contributed by atoms with van der Waals surface area (Å²) in [5.41, 5.74) is 7.80. The first-order chi connectivity index (χ1) is 13.9. The van der Waals surface area contributed by atoms with Gasteiger partial charge in [-0.25, -0.2) is 4.99 Å². The van der Waals surface area contributed by atoms with Gasteiger partial charge in [0, 0.05) is 18.9 Å². The molecule has 0 bridgehead atoms. The van der Waals surface area contributed by atoms with Gasteiger partial charge in [-0.3, -0.25) is 14.5 Å². The summed E-state index contributed by atoms with van der Waals surface area (Å²) in [4.78, 5) is 31.6. The first-order valence-electron chi connectivity index (χ1n) is 10.6. The van der Waals surface area contributed by atoms with Gasteiger partial charge < -0.3 is 16.2 Å². The minimum absolute atomic E-state index is 0.00704. The van der Waals surface area contributed by atoms with Crippen molar-refractivity contribution in [1.82, 2.24) is 10.2 Å². The summed E-state index contributed by atoms with van der Waals surface area (Å²) in [5.74, 6) is 0.132. The zero-order valence-corrected chi connectivity index (χ0v) is 17.1. The van der Waals surface area contributed by atoms with Crippen molar-refractivity contribution >= 4 is 17.8 Å².